The number of aromatic nitrogens is 2. The van der Waals surface area contributed by atoms with Crippen LogP contribution < -0.4 is 9.21 Å². The van der Waals surface area contributed by atoms with E-state index in [2.05, 4.69) is 21.1 Å². The van der Waals surface area contributed by atoms with Gasteiger partial charge in [-0.1, -0.05) is 0 Å². The monoisotopic (exact) mass is 379 g/mol. The van der Waals surface area contributed by atoms with Crippen molar-refractivity contribution in [2.45, 2.75) is 12.5 Å². The smallest absolute Gasteiger partial charge is 0.306 e. The van der Waals surface area contributed by atoms with Crippen LogP contribution in [-0.2, 0) is 14.9 Å². The van der Waals surface area contributed by atoms with Crippen molar-refractivity contribution in [2.75, 3.05) is 61.7 Å². The van der Waals surface area contributed by atoms with Gasteiger partial charge in [-0.15, -0.1) is 0 Å². The number of rotatable bonds is 3. The zero-order chi connectivity index (χ0) is 18.1. The number of nitriles is 1. The van der Waals surface area contributed by atoms with Crippen molar-refractivity contribution in [1.29, 1.82) is 5.26 Å². The molecule has 3 fully saturated rings. The Morgan fingerprint density at radius 3 is 2.73 bits per heavy atom. The first-order chi connectivity index (χ1) is 12.6. The third-order valence-corrected chi connectivity index (χ3v) is 6.97. The Bertz CT molecular complexity index is 806. The molecule has 1 aromatic heterocycles. The maximum atomic E-state index is 13.0. The van der Waals surface area contributed by atoms with E-state index in [0.29, 0.717) is 51.6 Å². The van der Waals surface area contributed by atoms with Gasteiger partial charge in [0.25, 0.3) is 0 Å². The van der Waals surface area contributed by atoms with Gasteiger partial charge in [0, 0.05) is 45.0 Å². The molecule has 4 heterocycles. The van der Waals surface area contributed by atoms with Gasteiger partial charge in [-0.2, -0.15) is 23.0 Å². The van der Waals surface area contributed by atoms with E-state index in [-0.39, 0.29) is 12.0 Å². The Labute approximate surface area is 152 Å². The minimum atomic E-state index is -3.68. The minimum Gasteiger partial charge on any atom is -0.378 e. The number of anilines is 2. The number of ether oxygens (including phenoxy) is 1. The highest BCUT2D eigenvalue weighted by Crippen LogP contribution is 2.28. The average molecular weight is 379 g/mol. The molecule has 0 aromatic carbocycles. The van der Waals surface area contributed by atoms with E-state index in [1.807, 2.05) is 0 Å². The van der Waals surface area contributed by atoms with Gasteiger partial charge in [0.2, 0.25) is 5.95 Å². The number of morpholine rings is 1. The highest BCUT2D eigenvalue weighted by Gasteiger charge is 2.44. The van der Waals surface area contributed by atoms with Crippen LogP contribution in [0.1, 0.15) is 6.42 Å². The van der Waals surface area contributed by atoms with Crippen LogP contribution in [0.15, 0.2) is 12.3 Å². The van der Waals surface area contributed by atoms with Gasteiger partial charge in [0.15, 0.2) is 6.19 Å². The average Bonchev–Trinajstić information content (AvgIpc) is 3.26. The van der Waals surface area contributed by atoms with E-state index in [1.54, 1.807) is 17.2 Å². The van der Waals surface area contributed by atoms with Gasteiger partial charge in [0.05, 0.1) is 19.8 Å². The number of hydrogen-bond acceptors (Lipinski definition) is 8. The van der Waals surface area contributed by atoms with Gasteiger partial charge in [0.1, 0.15) is 5.82 Å². The Balaban J connectivity index is 1.54. The maximum Gasteiger partial charge on any atom is 0.306 e. The third kappa shape index (κ3) is 3.04. The van der Waals surface area contributed by atoms with Gasteiger partial charge >= 0.3 is 10.2 Å². The maximum absolute atomic E-state index is 13.0. The molecule has 3 aliphatic rings. The lowest BCUT2D eigenvalue weighted by Gasteiger charge is -2.28. The number of nitrogens with zero attached hydrogens (tertiary/aromatic N) is 7. The van der Waals surface area contributed by atoms with E-state index in [1.165, 1.54) is 8.61 Å². The molecule has 1 atom stereocenters. The molecule has 0 amide bonds. The molecule has 0 spiro atoms. The lowest BCUT2D eigenvalue weighted by molar-refractivity contribution is 0.122. The van der Waals surface area contributed by atoms with Crippen molar-refractivity contribution in [3.05, 3.63) is 12.3 Å². The summed E-state index contributed by atoms with van der Waals surface area (Å²) in [6.07, 6.45) is 4.35. The van der Waals surface area contributed by atoms with Gasteiger partial charge in [-0.25, -0.2) is 9.29 Å². The summed E-state index contributed by atoms with van der Waals surface area (Å²) in [7, 11) is -3.68. The molecule has 140 valence electrons. The first-order valence-electron chi connectivity index (χ1n) is 8.69. The predicted octanol–water partition coefficient (Wildman–Crippen LogP) is -0.765. The summed E-state index contributed by atoms with van der Waals surface area (Å²) >= 11 is 0. The molecule has 10 nitrogen and oxygen atoms in total. The van der Waals surface area contributed by atoms with Crippen molar-refractivity contribution in [1.82, 2.24) is 19.2 Å². The topological polar surface area (TPSA) is 106 Å². The number of hydrogen-bond donors (Lipinski definition) is 0. The Morgan fingerprint density at radius 1 is 1.19 bits per heavy atom. The Kier molecular flexibility index (Phi) is 4.56. The van der Waals surface area contributed by atoms with Gasteiger partial charge < -0.3 is 14.5 Å². The minimum absolute atomic E-state index is 0.174. The van der Waals surface area contributed by atoms with Crippen molar-refractivity contribution in [2.24, 2.45) is 0 Å². The molecule has 0 saturated carbocycles. The van der Waals surface area contributed by atoms with Crippen molar-refractivity contribution >= 4 is 22.0 Å². The van der Waals surface area contributed by atoms with E-state index < -0.39 is 10.2 Å². The molecule has 0 aliphatic carbocycles. The Morgan fingerprint density at radius 2 is 2.00 bits per heavy atom. The summed E-state index contributed by atoms with van der Waals surface area (Å²) in [6, 6.07) is 1.61. The number of likely N-dealkylation sites (tertiary alicyclic amines) is 1. The second-order valence-corrected chi connectivity index (χ2v) is 8.30. The molecule has 26 heavy (non-hydrogen) atoms. The second kappa shape index (κ2) is 6.86. The second-order valence-electron chi connectivity index (χ2n) is 6.49. The van der Waals surface area contributed by atoms with E-state index in [0.717, 1.165) is 13.1 Å². The van der Waals surface area contributed by atoms with E-state index in [9.17, 15) is 8.42 Å². The Hall–Kier alpha value is -2.16. The van der Waals surface area contributed by atoms with Crippen LogP contribution in [0, 0.1) is 11.5 Å². The van der Waals surface area contributed by atoms with Crippen LogP contribution in [0.2, 0.25) is 0 Å². The molecule has 0 radical (unpaired) electrons. The first-order valence-corrected chi connectivity index (χ1v) is 10.1. The highest BCUT2D eigenvalue weighted by molar-refractivity contribution is 7.90. The molecule has 1 aromatic rings. The molecular weight excluding hydrogens is 358 g/mol. The van der Waals surface area contributed by atoms with Crippen LogP contribution in [0.5, 0.6) is 0 Å². The lowest BCUT2D eigenvalue weighted by Crippen LogP contribution is -2.41. The van der Waals surface area contributed by atoms with Crippen LogP contribution in [0.3, 0.4) is 0 Å². The van der Waals surface area contributed by atoms with Crippen LogP contribution >= 0.6 is 0 Å². The van der Waals surface area contributed by atoms with Gasteiger partial charge in [-0.3, -0.25) is 0 Å². The molecule has 11 heteroatoms. The molecule has 4 rings (SSSR count). The zero-order valence-electron chi connectivity index (χ0n) is 14.4. The first kappa shape index (κ1) is 17.3. The third-order valence-electron chi connectivity index (χ3n) is 5.00. The van der Waals surface area contributed by atoms with E-state index in [4.69, 9.17) is 10.00 Å². The largest absolute Gasteiger partial charge is 0.378 e. The summed E-state index contributed by atoms with van der Waals surface area (Å²) in [4.78, 5) is 12.3. The summed E-state index contributed by atoms with van der Waals surface area (Å²) < 4.78 is 34.1. The summed E-state index contributed by atoms with van der Waals surface area (Å²) in [6.45, 7) is 4.45. The quantitative estimate of drug-likeness (QED) is 0.631. The fourth-order valence-corrected chi connectivity index (χ4v) is 5.34. The summed E-state index contributed by atoms with van der Waals surface area (Å²) in [5.41, 5.74) is 0. The fourth-order valence-electron chi connectivity index (χ4n) is 3.62. The predicted molar refractivity (Wildman–Crippen MR) is 93.6 cm³/mol. The SMILES string of the molecule is N#CN1CCC(N2CCN(c3nccc(N4CCOCC4)n3)S2(=O)=O)C1. The molecule has 0 N–H and O–H groups in total. The van der Waals surface area contributed by atoms with Crippen LogP contribution in [0.25, 0.3) is 0 Å². The zero-order valence-corrected chi connectivity index (χ0v) is 15.2. The molecular formula is C15H21N7O3S. The standard InChI is InChI=1S/C15H21N7O3S/c16-12-19-4-2-13(11-19)21-5-6-22(26(21,23)24)15-17-3-1-14(18-15)20-7-9-25-10-8-20/h1,3,13H,2,4-11H2. The summed E-state index contributed by atoms with van der Waals surface area (Å²) in [5, 5.41) is 9.01. The molecule has 3 saturated heterocycles. The van der Waals surface area contributed by atoms with Gasteiger partial charge in [-0.05, 0) is 12.5 Å². The van der Waals surface area contributed by atoms with Crippen molar-refractivity contribution in [3.63, 3.8) is 0 Å². The molecule has 3 aliphatic heterocycles. The van der Waals surface area contributed by atoms with Crippen molar-refractivity contribution in [3.8, 4) is 6.19 Å². The fraction of sp³-hybridized carbons (Fsp3) is 0.667. The normalized spacial score (nSPS) is 26.3. The lowest BCUT2D eigenvalue weighted by atomic mass is 10.2. The highest BCUT2D eigenvalue weighted by atomic mass is 32.2. The molecule has 1 unspecified atom stereocenters. The molecule has 0 bridgehead atoms. The van der Waals surface area contributed by atoms with Crippen LogP contribution in [-0.4, -0.2) is 86.1 Å². The van der Waals surface area contributed by atoms with Crippen molar-refractivity contribution < 1.29 is 13.2 Å². The van der Waals surface area contributed by atoms with Crippen LogP contribution in [0.4, 0.5) is 11.8 Å². The van der Waals surface area contributed by atoms with E-state index >= 15 is 0 Å². The summed E-state index contributed by atoms with van der Waals surface area (Å²) in [5.74, 6) is 0.912.